The molecule has 0 amide bonds. The number of hydrogen-bond donors (Lipinski definition) is 1. The van der Waals surface area contributed by atoms with Crippen LogP contribution in [-0.4, -0.2) is 24.8 Å². The van der Waals surface area contributed by atoms with Gasteiger partial charge in [-0.1, -0.05) is 30.2 Å². The first-order valence-corrected chi connectivity index (χ1v) is 7.58. The van der Waals surface area contributed by atoms with Gasteiger partial charge in [-0.2, -0.15) is 9.61 Å². The van der Waals surface area contributed by atoms with E-state index in [4.69, 9.17) is 5.73 Å². The smallest absolute Gasteiger partial charge is 0.235 e. The SMILES string of the molecule is Nc1cccc(-c2nn3c(C4CCCC4)nnc3s2)n1. The zero-order valence-corrected chi connectivity index (χ0v) is 11.7. The lowest BCUT2D eigenvalue weighted by Gasteiger charge is -2.03. The average molecular weight is 286 g/mol. The molecule has 6 nitrogen and oxygen atoms in total. The fourth-order valence-electron chi connectivity index (χ4n) is 2.74. The van der Waals surface area contributed by atoms with Gasteiger partial charge < -0.3 is 5.73 Å². The Kier molecular flexibility index (Phi) is 2.66. The average Bonchev–Trinajstić information content (AvgIpc) is 3.14. The predicted octanol–water partition coefficient (Wildman–Crippen LogP) is 2.49. The molecule has 102 valence electrons. The highest BCUT2D eigenvalue weighted by molar-refractivity contribution is 7.19. The monoisotopic (exact) mass is 286 g/mol. The van der Waals surface area contributed by atoms with E-state index in [2.05, 4.69) is 20.3 Å². The highest BCUT2D eigenvalue weighted by Crippen LogP contribution is 2.34. The van der Waals surface area contributed by atoms with Crippen LogP contribution in [-0.2, 0) is 0 Å². The number of fused-ring (bicyclic) bond motifs is 1. The van der Waals surface area contributed by atoms with Crippen LogP contribution in [0.15, 0.2) is 18.2 Å². The van der Waals surface area contributed by atoms with Gasteiger partial charge in [0.15, 0.2) is 10.8 Å². The van der Waals surface area contributed by atoms with Crippen LogP contribution in [0.25, 0.3) is 15.7 Å². The van der Waals surface area contributed by atoms with Crippen molar-refractivity contribution in [3.05, 3.63) is 24.0 Å². The van der Waals surface area contributed by atoms with Crippen LogP contribution in [0.4, 0.5) is 5.82 Å². The first kappa shape index (κ1) is 11.8. The van der Waals surface area contributed by atoms with Gasteiger partial charge in [0.25, 0.3) is 0 Å². The number of pyridine rings is 1. The minimum atomic E-state index is 0.494. The second kappa shape index (κ2) is 4.52. The maximum atomic E-state index is 5.73. The quantitative estimate of drug-likeness (QED) is 0.782. The van der Waals surface area contributed by atoms with Gasteiger partial charge in [-0.05, 0) is 25.0 Å². The van der Waals surface area contributed by atoms with E-state index in [1.54, 1.807) is 6.07 Å². The molecule has 0 radical (unpaired) electrons. The Bertz CT molecular complexity index is 755. The fourth-order valence-corrected chi connectivity index (χ4v) is 3.56. The summed E-state index contributed by atoms with van der Waals surface area (Å²) in [5.74, 6) is 1.99. The maximum Gasteiger partial charge on any atom is 0.235 e. The van der Waals surface area contributed by atoms with Gasteiger partial charge in [0.2, 0.25) is 4.96 Å². The van der Waals surface area contributed by atoms with Crippen molar-refractivity contribution in [2.45, 2.75) is 31.6 Å². The Labute approximate surface area is 119 Å². The molecule has 3 aromatic rings. The van der Waals surface area contributed by atoms with Crippen molar-refractivity contribution >= 4 is 22.1 Å². The lowest BCUT2D eigenvalue weighted by atomic mass is 10.1. The molecule has 3 aromatic heterocycles. The van der Waals surface area contributed by atoms with Gasteiger partial charge in [0, 0.05) is 5.92 Å². The topological polar surface area (TPSA) is 82.0 Å². The Morgan fingerprint density at radius 2 is 2.05 bits per heavy atom. The van der Waals surface area contributed by atoms with E-state index in [1.807, 2.05) is 16.6 Å². The summed E-state index contributed by atoms with van der Waals surface area (Å²) in [6.45, 7) is 0. The molecule has 0 aliphatic heterocycles. The highest BCUT2D eigenvalue weighted by Gasteiger charge is 2.24. The summed E-state index contributed by atoms with van der Waals surface area (Å²) in [5, 5.41) is 14.0. The zero-order valence-electron chi connectivity index (χ0n) is 10.9. The van der Waals surface area contributed by atoms with Gasteiger partial charge in [-0.15, -0.1) is 10.2 Å². The molecule has 2 N–H and O–H groups in total. The molecule has 0 atom stereocenters. The van der Waals surface area contributed by atoms with Crippen LogP contribution in [0, 0.1) is 0 Å². The summed E-state index contributed by atoms with van der Waals surface area (Å²) in [5.41, 5.74) is 6.52. The van der Waals surface area contributed by atoms with Gasteiger partial charge in [0.05, 0.1) is 0 Å². The van der Waals surface area contributed by atoms with Crippen molar-refractivity contribution in [2.24, 2.45) is 0 Å². The number of nitrogens with zero attached hydrogens (tertiary/aromatic N) is 5. The second-order valence-electron chi connectivity index (χ2n) is 5.09. The molecule has 0 saturated heterocycles. The second-order valence-corrected chi connectivity index (χ2v) is 6.04. The molecule has 3 heterocycles. The number of hydrogen-bond acceptors (Lipinski definition) is 6. The first-order valence-electron chi connectivity index (χ1n) is 6.76. The molecule has 7 heteroatoms. The third-order valence-corrected chi connectivity index (χ3v) is 4.65. The van der Waals surface area contributed by atoms with Crippen molar-refractivity contribution in [1.82, 2.24) is 24.8 Å². The highest BCUT2D eigenvalue weighted by atomic mass is 32.1. The minimum absolute atomic E-state index is 0.494. The lowest BCUT2D eigenvalue weighted by molar-refractivity contribution is 0.641. The van der Waals surface area contributed by atoms with Crippen LogP contribution < -0.4 is 5.73 Å². The standard InChI is InChI=1S/C13H14N6S/c14-10-7-3-6-9(15-10)12-18-19-11(8-4-1-2-5-8)16-17-13(19)20-12/h3,6-8H,1-2,4-5H2,(H2,14,15). The summed E-state index contributed by atoms with van der Waals surface area (Å²) in [6, 6.07) is 5.57. The fraction of sp³-hybridized carbons (Fsp3) is 0.385. The molecule has 1 aliphatic rings. The summed E-state index contributed by atoms with van der Waals surface area (Å²) >= 11 is 1.50. The molecule has 0 bridgehead atoms. The Balaban J connectivity index is 1.79. The van der Waals surface area contributed by atoms with E-state index in [-0.39, 0.29) is 0 Å². The van der Waals surface area contributed by atoms with E-state index in [9.17, 15) is 0 Å². The molecule has 0 unspecified atom stereocenters. The normalized spacial score (nSPS) is 16.2. The molecular weight excluding hydrogens is 272 g/mol. The van der Waals surface area contributed by atoms with Crippen LogP contribution >= 0.6 is 11.3 Å². The number of rotatable bonds is 2. The molecule has 1 fully saturated rings. The number of nitrogen functional groups attached to an aromatic ring is 1. The van der Waals surface area contributed by atoms with Gasteiger partial charge in [0.1, 0.15) is 11.5 Å². The molecule has 4 rings (SSSR count). The van der Waals surface area contributed by atoms with E-state index in [0.717, 1.165) is 21.5 Å². The van der Waals surface area contributed by atoms with Gasteiger partial charge in [-0.25, -0.2) is 4.98 Å². The maximum absolute atomic E-state index is 5.73. The van der Waals surface area contributed by atoms with Gasteiger partial charge in [-0.3, -0.25) is 0 Å². The third-order valence-electron chi connectivity index (χ3n) is 3.73. The number of aromatic nitrogens is 5. The van der Waals surface area contributed by atoms with Crippen LogP contribution in [0.2, 0.25) is 0 Å². The molecule has 0 aromatic carbocycles. The zero-order chi connectivity index (χ0) is 13.5. The van der Waals surface area contributed by atoms with Crippen LogP contribution in [0.1, 0.15) is 37.4 Å². The van der Waals surface area contributed by atoms with Crippen molar-refractivity contribution < 1.29 is 0 Å². The lowest BCUT2D eigenvalue weighted by Crippen LogP contribution is -2.01. The van der Waals surface area contributed by atoms with E-state index < -0.39 is 0 Å². The van der Waals surface area contributed by atoms with Crippen molar-refractivity contribution in [1.29, 1.82) is 0 Å². The molecular formula is C13H14N6S. The Hall–Kier alpha value is -2.02. The largest absolute Gasteiger partial charge is 0.384 e. The number of anilines is 1. The molecule has 1 saturated carbocycles. The third kappa shape index (κ3) is 1.85. The first-order chi connectivity index (χ1) is 9.81. The Morgan fingerprint density at radius 1 is 1.20 bits per heavy atom. The van der Waals surface area contributed by atoms with Crippen molar-refractivity contribution in [2.75, 3.05) is 5.73 Å². The van der Waals surface area contributed by atoms with Gasteiger partial charge >= 0.3 is 0 Å². The molecule has 0 spiro atoms. The predicted molar refractivity (Wildman–Crippen MR) is 77.5 cm³/mol. The molecule has 1 aliphatic carbocycles. The molecule has 20 heavy (non-hydrogen) atoms. The summed E-state index contributed by atoms with van der Waals surface area (Å²) in [6.07, 6.45) is 4.91. The van der Waals surface area contributed by atoms with E-state index in [0.29, 0.717) is 11.7 Å². The summed E-state index contributed by atoms with van der Waals surface area (Å²) in [4.78, 5) is 5.13. The summed E-state index contributed by atoms with van der Waals surface area (Å²) in [7, 11) is 0. The number of nitrogens with two attached hydrogens (primary N) is 1. The van der Waals surface area contributed by atoms with E-state index in [1.165, 1.54) is 37.0 Å². The van der Waals surface area contributed by atoms with E-state index >= 15 is 0 Å². The van der Waals surface area contributed by atoms with Crippen LogP contribution in [0.3, 0.4) is 0 Å². The van der Waals surface area contributed by atoms with Crippen LogP contribution in [0.5, 0.6) is 0 Å². The minimum Gasteiger partial charge on any atom is -0.384 e. The Morgan fingerprint density at radius 3 is 2.85 bits per heavy atom. The van der Waals surface area contributed by atoms with Crippen molar-refractivity contribution in [3.8, 4) is 10.7 Å². The van der Waals surface area contributed by atoms with Crippen molar-refractivity contribution in [3.63, 3.8) is 0 Å². The summed E-state index contributed by atoms with van der Waals surface area (Å²) < 4.78 is 1.88.